The predicted octanol–water partition coefficient (Wildman–Crippen LogP) is 2.30. The maximum absolute atomic E-state index is 12.3. The van der Waals surface area contributed by atoms with Gasteiger partial charge in [0.05, 0.1) is 18.3 Å². The highest BCUT2D eigenvalue weighted by Gasteiger charge is 2.25. The van der Waals surface area contributed by atoms with Crippen molar-refractivity contribution in [2.75, 3.05) is 19.7 Å². The highest BCUT2D eigenvalue weighted by molar-refractivity contribution is 6.31. The fourth-order valence-corrected chi connectivity index (χ4v) is 2.17. The monoisotopic (exact) mass is 269 g/mol. The molecule has 1 saturated heterocycles. The first-order valence-corrected chi connectivity index (χ1v) is 6.39. The minimum Gasteiger partial charge on any atom is -0.507 e. The highest BCUT2D eigenvalue weighted by Crippen LogP contribution is 2.24. The van der Waals surface area contributed by atoms with Crippen LogP contribution in [0.3, 0.4) is 0 Å². The maximum Gasteiger partial charge on any atom is 0.257 e. The van der Waals surface area contributed by atoms with Gasteiger partial charge in [-0.25, -0.2) is 0 Å². The van der Waals surface area contributed by atoms with E-state index in [2.05, 4.69) is 0 Å². The van der Waals surface area contributed by atoms with Gasteiger partial charge in [-0.15, -0.1) is 0 Å². The van der Waals surface area contributed by atoms with Gasteiger partial charge in [-0.05, 0) is 24.6 Å². The smallest absolute Gasteiger partial charge is 0.257 e. The number of carbonyl (C=O) groups is 1. The standard InChI is InChI=1S/C13H16ClNO3/c1-2-10-8-15(5-6-18-10)13(17)11-7-9(14)3-4-12(11)16/h3-4,7,10,16H,2,5-6,8H2,1H3. The number of carbonyl (C=O) groups excluding carboxylic acids is 1. The molecular weight excluding hydrogens is 254 g/mol. The van der Waals surface area contributed by atoms with Crippen LogP contribution in [-0.4, -0.2) is 41.7 Å². The minimum atomic E-state index is -0.197. The SMILES string of the molecule is CCC1CN(C(=O)c2cc(Cl)ccc2O)CCO1. The van der Waals surface area contributed by atoms with E-state index in [9.17, 15) is 9.90 Å². The third-order valence-electron chi connectivity index (χ3n) is 3.07. The van der Waals surface area contributed by atoms with E-state index in [1.807, 2.05) is 6.92 Å². The van der Waals surface area contributed by atoms with E-state index in [0.29, 0.717) is 24.7 Å². The van der Waals surface area contributed by atoms with E-state index in [4.69, 9.17) is 16.3 Å². The molecule has 1 amide bonds. The second-order valence-electron chi connectivity index (χ2n) is 4.31. The first kappa shape index (κ1) is 13.2. The Balaban J connectivity index is 2.17. The molecule has 98 valence electrons. The molecule has 1 aliphatic heterocycles. The highest BCUT2D eigenvalue weighted by atomic mass is 35.5. The Morgan fingerprint density at radius 2 is 2.39 bits per heavy atom. The summed E-state index contributed by atoms with van der Waals surface area (Å²) >= 11 is 5.85. The van der Waals surface area contributed by atoms with E-state index in [1.54, 1.807) is 11.0 Å². The van der Waals surface area contributed by atoms with Crippen molar-refractivity contribution < 1.29 is 14.6 Å². The van der Waals surface area contributed by atoms with Crippen LogP contribution in [0.5, 0.6) is 5.75 Å². The quantitative estimate of drug-likeness (QED) is 0.896. The molecule has 1 aromatic rings. The second kappa shape index (κ2) is 5.59. The lowest BCUT2D eigenvalue weighted by Gasteiger charge is -2.32. The van der Waals surface area contributed by atoms with Gasteiger partial charge < -0.3 is 14.7 Å². The average Bonchev–Trinajstić information content (AvgIpc) is 2.41. The Labute approximate surface area is 111 Å². The van der Waals surface area contributed by atoms with E-state index in [1.165, 1.54) is 12.1 Å². The molecule has 1 heterocycles. The average molecular weight is 270 g/mol. The Bertz CT molecular complexity index is 450. The summed E-state index contributed by atoms with van der Waals surface area (Å²) in [5, 5.41) is 10.2. The lowest BCUT2D eigenvalue weighted by Crippen LogP contribution is -2.45. The number of hydrogen-bond donors (Lipinski definition) is 1. The molecule has 1 atom stereocenters. The van der Waals surface area contributed by atoms with Crippen molar-refractivity contribution in [3.05, 3.63) is 28.8 Å². The molecule has 0 bridgehead atoms. The lowest BCUT2D eigenvalue weighted by molar-refractivity contribution is -0.0227. The number of benzene rings is 1. The number of rotatable bonds is 2. The van der Waals surface area contributed by atoms with Crippen LogP contribution in [0, 0.1) is 0 Å². The summed E-state index contributed by atoms with van der Waals surface area (Å²) in [5.41, 5.74) is 0.249. The molecule has 0 aromatic heterocycles. The summed E-state index contributed by atoms with van der Waals surface area (Å²) < 4.78 is 5.51. The zero-order chi connectivity index (χ0) is 13.1. The third kappa shape index (κ3) is 2.76. The second-order valence-corrected chi connectivity index (χ2v) is 4.75. The van der Waals surface area contributed by atoms with E-state index in [-0.39, 0.29) is 23.3 Å². The molecule has 4 nitrogen and oxygen atoms in total. The van der Waals surface area contributed by atoms with Crippen molar-refractivity contribution in [3.63, 3.8) is 0 Å². The van der Waals surface area contributed by atoms with Crippen LogP contribution in [0.4, 0.5) is 0 Å². The zero-order valence-corrected chi connectivity index (χ0v) is 11.0. The molecule has 5 heteroatoms. The Morgan fingerprint density at radius 1 is 1.61 bits per heavy atom. The van der Waals surface area contributed by atoms with Crippen LogP contribution in [0.2, 0.25) is 5.02 Å². The molecule has 18 heavy (non-hydrogen) atoms. The fraction of sp³-hybridized carbons (Fsp3) is 0.462. The lowest BCUT2D eigenvalue weighted by atomic mass is 10.1. The minimum absolute atomic E-state index is 0.0380. The fourth-order valence-electron chi connectivity index (χ4n) is 2.00. The van der Waals surface area contributed by atoms with Crippen LogP contribution in [0.1, 0.15) is 23.7 Å². The molecule has 2 rings (SSSR count). The number of morpholine rings is 1. The van der Waals surface area contributed by atoms with Crippen LogP contribution in [0.25, 0.3) is 0 Å². The van der Waals surface area contributed by atoms with Crippen molar-refractivity contribution >= 4 is 17.5 Å². The van der Waals surface area contributed by atoms with Gasteiger partial charge in [0.1, 0.15) is 5.75 Å². The molecule has 1 unspecified atom stereocenters. The molecule has 1 aromatic carbocycles. The number of amides is 1. The van der Waals surface area contributed by atoms with E-state index >= 15 is 0 Å². The van der Waals surface area contributed by atoms with Crippen LogP contribution < -0.4 is 0 Å². The number of nitrogens with zero attached hydrogens (tertiary/aromatic N) is 1. The van der Waals surface area contributed by atoms with Gasteiger partial charge >= 0.3 is 0 Å². The van der Waals surface area contributed by atoms with Crippen molar-refractivity contribution in [2.24, 2.45) is 0 Å². The number of phenols is 1. The van der Waals surface area contributed by atoms with Crippen LogP contribution >= 0.6 is 11.6 Å². The summed E-state index contributed by atoms with van der Waals surface area (Å²) in [5.74, 6) is -0.235. The van der Waals surface area contributed by atoms with E-state index < -0.39 is 0 Å². The first-order chi connectivity index (χ1) is 8.61. The van der Waals surface area contributed by atoms with Gasteiger partial charge in [0, 0.05) is 18.1 Å². The van der Waals surface area contributed by atoms with E-state index in [0.717, 1.165) is 6.42 Å². The molecule has 0 saturated carbocycles. The Kier molecular flexibility index (Phi) is 4.09. The van der Waals surface area contributed by atoms with Crippen LogP contribution in [-0.2, 0) is 4.74 Å². The van der Waals surface area contributed by atoms with Crippen molar-refractivity contribution in [1.29, 1.82) is 0 Å². The first-order valence-electron chi connectivity index (χ1n) is 6.01. The molecule has 0 spiro atoms. The summed E-state index contributed by atoms with van der Waals surface area (Å²) in [6.07, 6.45) is 0.940. The molecule has 1 aliphatic rings. The number of phenolic OH excluding ortho intramolecular Hbond substituents is 1. The molecular formula is C13H16ClNO3. The molecule has 1 N–H and O–H groups in total. The summed E-state index contributed by atoms with van der Waals surface area (Å²) in [6, 6.07) is 4.49. The Hall–Kier alpha value is -1.26. The summed E-state index contributed by atoms with van der Waals surface area (Å²) in [6.45, 7) is 3.66. The van der Waals surface area contributed by atoms with Crippen molar-refractivity contribution in [3.8, 4) is 5.75 Å². The third-order valence-corrected chi connectivity index (χ3v) is 3.31. The van der Waals surface area contributed by atoms with Crippen LogP contribution in [0.15, 0.2) is 18.2 Å². The molecule has 0 radical (unpaired) electrons. The van der Waals surface area contributed by atoms with Gasteiger partial charge in [-0.1, -0.05) is 18.5 Å². The molecule has 1 fully saturated rings. The van der Waals surface area contributed by atoms with Gasteiger partial charge in [0.15, 0.2) is 0 Å². The largest absolute Gasteiger partial charge is 0.507 e. The van der Waals surface area contributed by atoms with Gasteiger partial charge in [0.2, 0.25) is 0 Å². The van der Waals surface area contributed by atoms with Gasteiger partial charge in [-0.3, -0.25) is 4.79 Å². The number of ether oxygens (including phenoxy) is 1. The van der Waals surface area contributed by atoms with Crippen molar-refractivity contribution in [1.82, 2.24) is 4.90 Å². The Morgan fingerprint density at radius 3 is 3.11 bits per heavy atom. The normalized spacial score (nSPS) is 19.9. The number of aromatic hydroxyl groups is 1. The topological polar surface area (TPSA) is 49.8 Å². The van der Waals surface area contributed by atoms with Gasteiger partial charge in [0.25, 0.3) is 5.91 Å². The predicted molar refractivity (Wildman–Crippen MR) is 69.1 cm³/mol. The molecule has 0 aliphatic carbocycles. The number of halogens is 1. The number of hydrogen-bond acceptors (Lipinski definition) is 3. The van der Waals surface area contributed by atoms with Crippen molar-refractivity contribution in [2.45, 2.75) is 19.4 Å². The zero-order valence-electron chi connectivity index (χ0n) is 10.2. The van der Waals surface area contributed by atoms with Gasteiger partial charge in [-0.2, -0.15) is 0 Å². The summed E-state index contributed by atoms with van der Waals surface area (Å²) in [7, 11) is 0. The summed E-state index contributed by atoms with van der Waals surface area (Å²) in [4.78, 5) is 14.0. The maximum atomic E-state index is 12.3.